The van der Waals surface area contributed by atoms with Gasteiger partial charge in [0.15, 0.2) is 37.1 Å². The van der Waals surface area contributed by atoms with Crippen molar-refractivity contribution >= 4 is 7.60 Å². The van der Waals surface area contributed by atoms with E-state index >= 15 is 0 Å². The first kappa shape index (κ1) is 17.4. The lowest BCUT2D eigenvalue weighted by molar-refractivity contribution is -0.692. The second kappa shape index (κ2) is 7.23. The second-order valence-corrected chi connectivity index (χ2v) is 7.44. The number of benzene rings is 1. The lowest BCUT2D eigenvalue weighted by atomic mass is 10.1. The molecule has 2 heterocycles. The van der Waals surface area contributed by atoms with Gasteiger partial charge in [-0.1, -0.05) is 12.1 Å². The molecule has 0 atom stereocenters. The Morgan fingerprint density at radius 2 is 1.44 bits per heavy atom. The summed E-state index contributed by atoms with van der Waals surface area (Å²) in [4.78, 5) is 17.8. The van der Waals surface area contributed by atoms with Gasteiger partial charge in [-0.05, 0) is 17.2 Å². The molecule has 3 rings (SSSR count). The third kappa shape index (κ3) is 4.57. The summed E-state index contributed by atoms with van der Waals surface area (Å²) in [7, 11) is -3.99. The van der Waals surface area contributed by atoms with Crippen molar-refractivity contribution < 1.29 is 27.9 Å². The van der Waals surface area contributed by atoms with E-state index in [1.165, 1.54) is 6.07 Å². The molecule has 2 N–H and O–H groups in total. The maximum Gasteiger partial charge on any atom is 0.331 e. The topological polar surface area (TPSA) is 65.3 Å². The van der Waals surface area contributed by atoms with E-state index in [-0.39, 0.29) is 18.5 Å². The molecule has 1 aromatic carbocycles. The van der Waals surface area contributed by atoms with Crippen molar-refractivity contribution in [1.82, 2.24) is 0 Å². The van der Waals surface area contributed by atoms with Crippen LogP contribution in [0.25, 0.3) is 16.8 Å². The van der Waals surface area contributed by atoms with Crippen LogP contribution in [-0.2, 0) is 11.1 Å². The molecule has 0 fully saturated rings. The number of para-hydroxylation sites is 1. The number of hydrogen-bond acceptors (Lipinski definition) is 1. The molecule has 0 aliphatic heterocycles. The Morgan fingerprint density at radius 3 is 2.00 bits per heavy atom. The lowest BCUT2D eigenvalue weighted by Crippen LogP contribution is -2.34. The smallest absolute Gasteiger partial charge is 0.324 e. The quantitative estimate of drug-likeness (QED) is 0.542. The fourth-order valence-electron chi connectivity index (χ4n) is 2.49. The Morgan fingerprint density at radius 1 is 0.880 bits per heavy atom. The number of halogens is 1. The fourth-order valence-corrected chi connectivity index (χ4v) is 2.98. The third-order valence-corrected chi connectivity index (χ3v) is 4.62. The van der Waals surface area contributed by atoms with Gasteiger partial charge in [-0.3, -0.25) is 4.57 Å². The van der Waals surface area contributed by atoms with Gasteiger partial charge in [0.1, 0.15) is 6.16 Å². The minimum Gasteiger partial charge on any atom is -0.324 e. The Labute approximate surface area is 144 Å². The second-order valence-electron chi connectivity index (χ2n) is 5.66. The summed E-state index contributed by atoms with van der Waals surface area (Å²) in [6.45, 7) is 0.257. The minimum atomic E-state index is -3.99. The normalized spacial score (nSPS) is 11.5. The minimum absolute atomic E-state index is 0.189. The molecule has 0 amide bonds. The molecule has 7 heteroatoms. The number of aryl methyl sites for hydroxylation is 1. The first-order valence-electron chi connectivity index (χ1n) is 7.73. The molecule has 3 aromatic rings. The van der Waals surface area contributed by atoms with E-state index in [0.717, 1.165) is 11.1 Å². The van der Waals surface area contributed by atoms with Crippen LogP contribution < -0.4 is 9.13 Å². The average Bonchev–Trinajstić information content (AvgIpc) is 2.60. The largest absolute Gasteiger partial charge is 0.331 e. The molecule has 2 aromatic heterocycles. The number of hydrogen-bond donors (Lipinski definition) is 2. The van der Waals surface area contributed by atoms with Gasteiger partial charge in [0.05, 0.1) is 0 Å². The molecule has 0 aliphatic rings. The zero-order valence-corrected chi connectivity index (χ0v) is 14.3. The first-order chi connectivity index (χ1) is 11.9. The Hall–Kier alpha value is -2.40. The summed E-state index contributed by atoms with van der Waals surface area (Å²) in [5.74, 6) is -0.286. The molecule has 0 saturated heterocycles. The van der Waals surface area contributed by atoms with Gasteiger partial charge in [-0.25, -0.2) is 4.57 Å². The summed E-state index contributed by atoms with van der Waals surface area (Å²) in [6, 6.07) is 14.1. The summed E-state index contributed by atoms with van der Waals surface area (Å²) < 4.78 is 28.2. The Kier molecular flexibility index (Phi) is 5.04. The SMILES string of the molecule is O=P(O)(O)CC[n+]1ccc(-c2cc[n+](-c3ccccc3F)cc2)cc1. The highest BCUT2D eigenvalue weighted by Gasteiger charge is 2.16. The number of aromatic nitrogens is 2. The molecule has 0 spiro atoms. The van der Waals surface area contributed by atoms with Crippen LogP contribution in [0.2, 0.25) is 0 Å². The van der Waals surface area contributed by atoms with Crippen molar-refractivity contribution in [3.05, 3.63) is 79.1 Å². The van der Waals surface area contributed by atoms with E-state index in [1.807, 2.05) is 24.3 Å². The highest BCUT2D eigenvalue weighted by molar-refractivity contribution is 7.51. The molecule has 0 unspecified atom stereocenters. The van der Waals surface area contributed by atoms with Crippen molar-refractivity contribution in [2.75, 3.05) is 6.16 Å². The van der Waals surface area contributed by atoms with Crippen molar-refractivity contribution in [3.8, 4) is 16.8 Å². The van der Waals surface area contributed by atoms with E-state index in [4.69, 9.17) is 9.79 Å². The molecule has 0 aliphatic carbocycles. The van der Waals surface area contributed by atoms with Crippen LogP contribution in [0, 0.1) is 5.82 Å². The summed E-state index contributed by atoms with van der Waals surface area (Å²) in [5, 5.41) is 0. The van der Waals surface area contributed by atoms with Gasteiger partial charge in [-0.15, -0.1) is 0 Å². The van der Waals surface area contributed by atoms with Crippen LogP contribution in [0.4, 0.5) is 4.39 Å². The van der Waals surface area contributed by atoms with Crippen molar-refractivity contribution in [3.63, 3.8) is 0 Å². The zero-order chi connectivity index (χ0) is 17.9. The van der Waals surface area contributed by atoms with Gasteiger partial charge >= 0.3 is 7.60 Å². The van der Waals surface area contributed by atoms with Gasteiger partial charge in [0.2, 0.25) is 5.69 Å². The monoisotopic (exact) mass is 360 g/mol. The number of nitrogens with zero attached hydrogens (tertiary/aromatic N) is 2. The van der Waals surface area contributed by atoms with Crippen molar-refractivity contribution in [2.24, 2.45) is 0 Å². The highest BCUT2D eigenvalue weighted by atomic mass is 31.2. The number of pyridine rings is 2. The maximum atomic E-state index is 13.8. The predicted octanol–water partition coefficient (Wildman–Crippen LogP) is 2.23. The Balaban J connectivity index is 1.76. The highest BCUT2D eigenvalue weighted by Crippen LogP contribution is 2.33. The molecule has 25 heavy (non-hydrogen) atoms. The van der Waals surface area contributed by atoms with Crippen molar-refractivity contribution in [2.45, 2.75) is 6.54 Å². The summed E-state index contributed by atoms with van der Waals surface area (Å²) in [6.07, 6.45) is 6.96. The van der Waals surface area contributed by atoms with E-state index in [2.05, 4.69) is 0 Å². The van der Waals surface area contributed by atoms with Gasteiger partial charge < -0.3 is 9.79 Å². The summed E-state index contributed by atoms with van der Waals surface area (Å²) in [5.41, 5.74) is 2.42. The van der Waals surface area contributed by atoms with Crippen LogP contribution in [0.5, 0.6) is 0 Å². The molecule has 0 bridgehead atoms. The van der Waals surface area contributed by atoms with Gasteiger partial charge in [0, 0.05) is 30.3 Å². The van der Waals surface area contributed by atoms with E-state index in [0.29, 0.717) is 5.69 Å². The van der Waals surface area contributed by atoms with E-state index in [9.17, 15) is 8.96 Å². The van der Waals surface area contributed by atoms with Crippen LogP contribution in [0.3, 0.4) is 0 Å². The van der Waals surface area contributed by atoms with Gasteiger partial charge in [0.25, 0.3) is 0 Å². The van der Waals surface area contributed by atoms with Crippen LogP contribution in [0.1, 0.15) is 0 Å². The molecule has 5 nitrogen and oxygen atoms in total. The lowest BCUT2D eigenvalue weighted by Gasteiger charge is -2.03. The summed E-state index contributed by atoms with van der Waals surface area (Å²) >= 11 is 0. The van der Waals surface area contributed by atoms with Crippen LogP contribution in [0.15, 0.2) is 73.3 Å². The first-order valence-corrected chi connectivity index (χ1v) is 9.52. The molecule has 0 radical (unpaired) electrons. The molecular formula is C18H18FN2O3P+2. The van der Waals surface area contributed by atoms with Crippen LogP contribution >= 0.6 is 7.60 Å². The maximum absolute atomic E-state index is 13.8. The Bertz CT molecular complexity index is 908. The molecule has 128 valence electrons. The standard InChI is InChI=1S/C18H16FN2O3P/c19-17-3-1-2-4-18(17)21-11-7-16(8-12-21)15-5-9-20(10-6-15)13-14-25(22,23)24/h1-12H,13-14H2/p+2. The van der Waals surface area contributed by atoms with Crippen LogP contribution in [-0.4, -0.2) is 15.9 Å². The van der Waals surface area contributed by atoms with E-state index < -0.39 is 7.60 Å². The molecular weight excluding hydrogens is 342 g/mol. The van der Waals surface area contributed by atoms with Crippen molar-refractivity contribution in [1.29, 1.82) is 0 Å². The zero-order valence-electron chi connectivity index (χ0n) is 13.4. The number of rotatable bonds is 5. The fraction of sp³-hybridized carbons (Fsp3) is 0.111. The average molecular weight is 360 g/mol. The third-order valence-electron chi connectivity index (χ3n) is 3.83. The predicted molar refractivity (Wildman–Crippen MR) is 90.5 cm³/mol. The van der Waals surface area contributed by atoms with Gasteiger partial charge in [-0.2, -0.15) is 8.96 Å². The van der Waals surface area contributed by atoms with E-state index in [1.54, 1.807) is 52.1 Å². The molecule has 0 saturated carbocycles.